The number of hydrogen-bond donors (Lipinski definition) is 1. The van der Waals surface area contributed by atoms with Gasteiger partial charge in [0, 0.05) is 17.3 Å². The minimum Gasteiger partial charge on any atom is -0.497 e. The quantitative estimate of drug-likeness (QED) is 0.827. The molecule has 1 aliphatic rings. The molecule has 3 rings (SSSR count). The van der Waals surface area contributed by atoms with E-state index in [1.165, 1.54) is 11.1 Å². The van der Waals surface area contributed by atoms with Crippen molar-refractivity contribution in [3.63, 3.8) is 0 Å². The standard InChI is InChI=1S/C19H22ClN3OS/c1-24-18-8-4-15(5-9-18)10-11-23-13-21-19(22-14-23)25-12-16-2-6-17(20)7-3-16/h2-9H,10-14H2,1H3,(H,21,22). The third kappa shape index (κ3) is 5.66. The van der Waals surface area contributed by atoms with E-state index in [0.29, 0.717) is 0 Å². The van der Waals surface area contributed by atoms with E-state index < -0.39 is 0 Å². The highest BCUT2D eigenvalue weighted by atomic mass is 35.5. The maximum absolute atomic E-state index is 5.91. The fourth-order valence-corrected chi connectivity index (χ4v) is 3.45. The van der Waals surface area contributed by atoms with Crippen LogP contribution in [-0.4, -0.2) is 37.1 Å². The zero-order valence-corrected chi connectivity index (χ0v) is 15.8. The summed E-state index contributed by atoms with van der Waals surface area (Å²) in [6.07, 6.45) is 1.01. The number of amidine groups is 1. The molecule has 2 aromatic rings. The summed E-state index contributed by atoms with van der Waals surface area (Å²) >= 11 is 7.64. The van der Waals surface area contributed by atoms with Crippen LogP contribution in [0.15, 0.2) is 53.5 Å². The Hall–Kier alpha value is -1.69. The Morgan fingerprint density at radius 2 is 1.84 bits per heavy atom. The summed E-state index contributed by atoms with van der Waals surface area (Å²) in [5, 5.41) is 5.18. The van der Waals surface area contributed by atoms with Crippen LogP contribution in [-0.2, 0) is 12.2 Å². The average molecular weight is 376 g/mol. The van der Waals surface area contributed by atoms with Crippen molar-refractivity contribution in [3.8, 4) is 5.75 Å². The number of hydrogen-bond acceptors (Lipinski definition) is 5. The number of aliphatic imine (C=N–C) groups is 1. The predicted octanol–water partition coefficient (Wildman–Crippen LogP) is 4.00. The van der Waals surface area contributed by atoms with Crippen molar-refractivity contribution < 1.29 is 4.74 Å². The van der Waals surface area contributed by atoms with Gasteiger partial charge in [0.15, 0.2) is 5.17 Å². The zero-order valence-electron chi connectivity index (χ0n) is 14.2. The average Bonchev–Trinajstić information content (AvgIpc) is 2.67. The monoisotopic (exact) mass is 375 g/mol. The largest absolute Gasteiger partial charge is 0.497 e. The summed E-state index contributed by atoms with van der Waals surface area (Å²) in [5.41, 5.74) is 2.56. The molecular formula is C19H22ClN3OS. The van der Waals surface area contributed by atoms with Gasteiger partial charge in [0.1, 0.15) is 5.75 Å². The van der Waals surface area contributed by atoms with Gasteiger partial charge in [-0.3, -0.25) is 4.90 Å². The number of nitrogens with zero attached hydrogens (tertiary/aromatic N) is 2. The summed E-state index contributed by atoms with van der Waals surface area (Å²) in [7, 11) is 1.69. The van der Waals surface area contributed by atoms with E-state index in [1.54, 1.807) is 18.9 Å². The second-order valence-corrected chi connectivity index (χ2v) is 7.25. The SMILES string of the molecule is COc1ccc(CCN2CN=C(SCc3ccc(Cl)cc3)NC2)cc1. The molecule has 0 fully saturated rings. The summed E-state index contributed by atoms with van der Waals surface area (Å²) in [6, 6.07) is 16.2. The molecule has 25 heavy (non-hydrogen) atoms. The molecule has 4 nitrogen and oxygen atoms in total. The smallest absolute Gasteiger partial charge is 0.159 e. The molecule has 0 aromatic heterocycles. The highest BCUT2D eigenvalue weighted by Gasteiger charge is 2.12. The van der Waals surface area contributed by atoms with E-state index >= 15 is 0 Å². The molecule has 0 saturated heterocycles. The first-order valence-corrected chi connectivity index (χ1v) is 9.60. The van der Waals surface area contributed by atoms with Crippen molar-refractivity contribution >= 4 is 28.5 Å². The molecule has 1 heterocycles. The van der Waals surface area contributed by atoms with E-state index in [4.69, 9.17) is 16.3 Å². The minimum absolute atomic E-state index is 0.742. The van der Waals surface area contributed by atoms with Crippen LogP contribution in [0.4, 0.5) is 0 Å². The lowest BCUT2D eigenvalue weighted by Crippen LogP contribution is -2.42. The molecule has 0 aliphatic carbocycles. The minimum atomic E-state index is 0.742. The molecule has 0 spiro atoms. The van der Waals surface area contributed by atoms with Crippen LogP contribution < -0.4 is 10.1 Å². The molecule has 0 bridgehead atoms. The second kappa shape index (κ2) is 9.13. The van der Waals surface area contributed by atoms with E-state index in [0.717, 1.165) is 48.0 Å². The molecule has 1 N–H and O–H groups in total. The lowest BCUT2D eigenvalue weighted by molar-refractivity contribution is 0.270. The van der Waals surface area contributed by atoms with Crippen molar-refractivity contribution in [2.24, 2.45) is 4.99 Å². The van der Waals surface area contributed by atoms with Gasteiger partial charge in [-0.25, -0.2) is 4.99 Å². The molecule has 1 aliphatic heterocycles. The van der Waals surface area contributed by atoms with Gasteiger partial charge >= 0.3 is 0 Å². The molecule has 2 aromatic carbocycles. The van der Waals surface area contributed by atoms with E-state index in [2.05, 4.69) is 39.5 Å². The van der Waals surface area contributed by atoms with Crippen molar-refractivity contribution in [3.05, 3.63) is 64.7 Å². The van der Waals surface area contributed by atoms with Crippen LogP contribution in [0.5, 0.6) is 5.75 Å². The summed E-state index contributed by atoms with van der Waals surface area (Å²) in [4.78, 5) is 6.93. The first-order valence-electron chi connectivity index (χ1n) is 8.24. The van der Waals surface area contributed by atoms with Crippen LogP contribution in [0.25, 0.3) is 0 Å². The van der Waals surface area contributed by atoms with Crippen LogP contribution in [0.3, 0.4) is 0 Å². The molecule has 0 unspecified atom stereocenters. The van der Waals surface area contributed by atoms with E-state index in [-0.39, 0.29) is 0 Å². The van der Waals surface area contributed by atoms with Crippen molar-refractivity contribution in [1.29, 1.82) is 0 Å². The van der Waals surface area contributed by atoms with Gasteiger partial charge in [-0.15, -0.1) is 0 Å². The third-order valence-electron chi connectivity index (χ3n) is 4.03. The summed E-state index contributed by atoms with van der Waals surface area (Å²) in [5.74, 6) is 1.80. The number of ether oxygens (including phenoxy) is 1. The van der Waals surface area contributed by atoms with Gasteiger partial charge in [0.2, 0.25) is 0 Å². The fourth-order valence-electron chi connectivity index (χ4n) is 2.51. The van der Waals surface area contributed by atoms with E-state index in [9.17, 15) is 0 Å². The van der Waals surface area contributed by atoms with Gasteiger partial charge in [0.25, 0.3) is 0 Å². The lowest BCUT2D eigenvalue weighted by atomic mass is 10.1. The maximum atomic E-state index is 5.91. The van der Waals surface area contributed by atoms with Gasteiger partial charge in [-0.05, 0) is 41.8 Å². The summed E-state index contributed by atoms with van der Waals surface area (Å²) in [6.45, 7) is 2.56. The zero-order chi connectivity index (χ0) is 17.5. The van der Waals surface area contributed by atoms with Crippen LogP contribution in [0.1, 0.15) is 11.1 Å². The Morgan fingerprint density at radius 1 is 1.12 bits per heavy atom. The first kappa shape index (κ1) is 18.1. The number of nitrogens with one attached hydrogen (secondary N) is 1. The number of thioether (sulfide) groups is 1. The Balaban J connectivity index is 1.41. The molecule has 0 atom stereocenters. The number of rotatable bonds is 6. The van der Waals surface area contributed by atoms with Gasteiger partial charge in [-0.1, -0.05) is 47.6 Å². The molecule has 6 heteroatoms. The number of methoxy groups -OCH3 is 1. The van der Waals surface area contributed by atoms with Crippen LogP contribution in [0, 0.1) is 0 Å². The van der Waals surface area contributed by atoms with Crippen molar-refractivity contribution in [1.82, 2.24) is 10.2 Å². The van der Waals surface area contributed by atoms with Crippen molar-refractivity contribution in [2.45, 2.75) is 12.2 Å². The van der Waals surface area contributed by atoms with Gasteiger partial charge in [-0.2, -0.15) is 0 Å². The Labute approximate surface area is 158 Å². The van der Waals surface area contributed by atoms with E-state index in [1.807, 2.05) is 24.3 Å². The summed E-state index contributed by atoms with van der Waals surface area (Å²) < 4.78 is 5.19. The maximum Gasteiger partial charge on any atom is 0.159 e. The molecule has 0 saturated carbocycles. The molecular weight excluding hydrogens is 354 g/mol. The van der Waals surface area contributed by atoms with Gasteiger partial charge in [0.05, 0.1) is 20.4 Å². The van der Waals surface area contributed by atoms with Crippen LogP contribution in [0.2, 0.25) is 5.02 Å². The molecule has 132 valence electrons. The number of halogens is 1. The predicted molar refractivity (Wildman–Crippen MR) is 106 cm³/mol. The fraction of sp³-hybridized carbons (Fsp3) is 0.316. The Bertz CT molecular complexity index is 704. The molecule has 0 amide bonds. The third-order valence-corrected chi connectivity index (χ3v) is 5.31. The molecule has 0 radical (unpaired) electrons. The first-order chi connectivity index (χ1) is 12.2. The van der Waals surface area contributed by atoms with Crippen molar-refractivity contribution in [2.75, 3.05) is 27.0 Å². The Kier molecular flexibility index (Phi) is 6.62. The Morgan fingerprint density at radius 3 is 2.48 bits per heavy atom. The normalized spacial score (nSPS) is 14.7. The topological polar surface area (TPSA) is 36.9 Å². The lowest BCUT2D eigenvalue weighted by Gasteiger charge is -2.26. The highest BCUT2D eigenvalue weighted by molar-refractivity contribution is 8.13. The highest BCUT2D eigenvalue weighted by Crippen LogP contribution is 2.17. The number of benzene rings is 2. The second-order valence-electron chi connectivity index (χ2n) is 5.85. The van der Waals surface area contributed by atoms with Gasteiger partial charge < -0.3 is 10.1 Å². The van der Waals surface area contributed by atoms with Crippen LogP contribution >= 0.6 is 23.4 Å².